The summed E-state index contributed by atoms with van der Waals surface area (Å²) in [7, 11) is 0. The molecule has 2 rings (SSSR count). The van der Waals surface area contributed by atoms with Gasteiger partial charge in [-0.05, 0) is 24.1 Å². The minimum absolute atomic E-state index is 0.378. The van der Waals surface area contributed by atoms with Gasteiger partial charge in [0.2, 0.25) is 0 Å². The molecule has 1 heterocycles. The Kier molecular flexibility index (Phi) is 4.96. The minimum atomic E-state index is 0.378. The molecule has 0 saturated heterocycles. The highest BCUT2D eigenvalue weighted by atomic mass is 32.2. The molecule has 0 bridgehead atoms. The van der Waals surface area contributed by atoms with Gasteiger partial charge in [-0.3, -0.25) is 0 Å². The molecule has 0 saturated carbocycles. The quantitative estimate of drug-likeness (QED) is 0.528. The first-order valence-corrected chi connectivity index (χ1v) is 6.96. The van der Waals surface area contributed by atoms with E-state index in [4.69, 9.17) is 5.73 Å². The number of thioether (sulfide) groups is 1. The first-order chi connectivity index (χ1) is 9.29. The van der Waals surface area contributed by atoms with Crippen LogP contribution >= 0.6 is 11.8 Å². The number of hydrogen-bond donors (Lipinski definition) is 1. The van der Waals surface area contributed by atoms with Gasteiger partial charge < -0.3 is 5.73 Å². The molecule has 2 N–H and O–H groups in total. The summed E-state index contributed by atoms with van der Waals surface area (Å²) in [6.45, 7) is 2.36. The van der Waals surface area contributed by atoms with Crippen molar-refractivity contribution in [2.45, 2.75) is 17.8 Å². The molecule has 4 heteroatoms. The van der Waals surface area contributed by atoms with Gasteiger partial charge in [0, 0.05) is 23.7 Å². The van der Waals surface area contributed by atoms with E-state index in [9.17, 15) is 0 Å². The van der Waals surface area contributed by atoms with Crippen molar-refractivity contribution in [1.82, 2.24) is 9.97 Å². The van der Waals surface area contributed by atoms with E-state index in [1.807, 2.05) is 37.5 Å². The van der Waals surface area contributed by atoms with Crippen molar-refractivity contribution in [3.63, 3.8) is 0 Å². The Morgan fingerprint density at radius 2 is 1.95 bits per heavy atom. The summed E-state index contributed by atoms with van der Waals surface area (Å²) in [5, 5.41) is 0.784. The van der Waals surface area contributed by atoms with E-state index in [1.54, 1.807) is 11.8 Å². The molecule has 96 valence electrons. The lowest BCUT2D eigenvalue weighted by atomic mass is 10.1. The average Bonchev–Trinajstić information content (AvgIpc) is 2.45. The first-order valence-electron chi connectivity index (χ1n) is 5.98. The van der Waals surface area contributed by atoms with Crippen molar-refractivity contribution < 1.29 is 0 Å². The van der Waals surface area contributed by atoms with E-state index in [0.29, 0.717) is 6.54 Å². The van der Waals surface area contributed by atoms with Crippen LogP contribution in [0.4, 0.5) is 0 Å². The van der Waals surface area contributed by atoms with Crippen molar-refractivity contribution in [1.29, 1.82) is 0 Å². The van der Waals surface area contributed by atoms with Crippen LogP contribution in [0.25, 0.3) is 0 Å². The normalized spacial score (nSPS) is 9.79. The van der Waals surface area contributed by atoms with E-state index >= 15 is 0 Å². The third kappa shape index (κ3) is 4.09. The Labute approximate surface area is 117 Å². The SMILES string of the molecule is Cc1cnc(SCc2ccccc2C#CCN)nc1. The third-order valence-electron chi connectivity index (χ3n) is 2.46. The second-order valence-corrected chi connectivity index (χ2v) is 4.94. The molecule has 0 aliphatic carbocycles. The topological polar surface area (TPSA) is 51.8 Å². The molecule has 0 radical (unpaired) electrons. The summed E-state index contributed by atoms with van der Waals surface area (Å²) in [6.07, 6.45) is 3.66. The summed E-state index contributed by atoms with van der Waals surface area (Å²) >= 11 is 1.61. The second-order valence-electron chi connectivity index (χ2n) is 3.99. The van der Waals surface area contributed by atoms with E-state index in [2.05, 4.69) is 27.9 Å². The highest BCUT2D eigenvalue weighted by Gasteiger charge is 2.02. The molecule has 1 aromatic heterocycles. The maximum Gasteiger partial charge on any atom is 0.187 e. The summed E-state index contributed by atoms with van der Waals surface area (Å²) < 4.78 is 0. The summed E-state index contributed by atoms with van der Waals surface area (Å²) in [5.74, 6) is 6.78. The molecule has 19 heavy (non-hydrogen) atoms. The molecule has 0 spiro atoms. The van der Waals surface area contributed by atoms with Crippen molar-refractivity contribution in [2.75, 3.05) is 6.54 Å². The Morgan fingerprint density at radius 1 is 1.21 bits per heavy atom. The van der Waals surface area contributed by atoms with Crippen molar-refractivity contribution in [3.05, 3.63) is 53.3 Å². The molecular formula is C15H15N3S. The highest BCUT2D eigenvalue weighted by molar-refractivity contribution is 7.98. The molecular weight excluding hydrogens is 254 g/mol. The number of aryl methyl sites for hydroxylation is 1. The van der Waals surface area contributed by atoms with Crippen LogP contribution in [-0.2, 0) is 5.75 Å². The average molecular weight is 269 g/mol. The summed E-state index contributed by atoms with van der Waals surface area (Å²) in [5.41, 5.74) is 8.67. The maximum atomic E-state index is 5.41. The van der Waals surface area contributed by atoms with Crippen LogP contribution in [0.1, 0.15) is 16.7 Å². The number of nitrogens with zero attached hydrogens (tertiary/aromatic N) is 2. The fourth-order valence-electron chi connectivity index (χ4n) is 1.51. The Hall–Kier alpha value is -1.83. The van der Waals surface area contributed by atoms with Gasteiger partial charge in [-0.15, -0.1) is 0 Å². The number of nitrogens with two attached hydrogens (primary N) is 1. The lowest BCUT2D eigenvalue weighted by molar-refractivity contribution is 0.949. The molecule has 0 atom stereocenters. The molecule has 1 aromatic carbocycles. The Morgan fingerprint density at radius 3 is 2.68 bits per heavy atom. The zero-order valence-corrected chi connectivity index (χ0v) is 11.6. The van der Waals surface area contributed by atoms with Gasteiger partial charge in [0.1, 0.15) is 0 Å². The molecule has 0 aliphatic rings. The molecule has 2 aromatic rings. The second kappa shape index (κ2) is 6.93. The van der Waals surface area contributed by atoms with Crippen molar-refractivity contribution >= 4 is 11.8 Å². The van der Waals surface area contributed by atoms with Crippen molar-refractivity contribution in [2.24, 2.45) is 5.73 Å². The van der Waals surface area contributed by atoms with Crippen molar-refractivity contribution in [3.8, 4) is 11.8 Å². The summed E-state index contributed by atoms with van der Waals surface area (Å²) in [6, 6.07) is 8.08. The molecule has 3 nitrogen and oxygen atoms in total. The smallest absolute Gasteiger partial charge is 0.187 e. The van der Waals surface area contributed by atoms with E-state index < -0.39 is 0 Å². The highest BCUT2D eigenvalue weighted by Crippen LogP contribution is 2.20. The first kappa shape index (κ1) is 13.6. The van der Waals surface area contributed by atoms with Crippen LogP contribution in [0.15, 0.2) is 41.8 Å². The van der Waals surface area contributed by atoms with Gasteiger partial charge in [0.05, 0.1) is 6.54 Å². The number of hydrogen-bond acceptors (Lipinski definition) is 4. The fraction of sp³-hybridized carbons (Fsp3) is 0.200. The van der Waals surface area contributed by atoms with Gasteiger partial charge >= 0.3 is 0 Å². The standard InChI is InChI=1S/C15H15N3S/c1-12-9-17-15(18-10-12)19-11-14-6-3-2-5-13(14)7-4-8-16/h2-3,5-6,9-10H,8,11,16H2,1H3. The van der Waals surface area contributed by atoms with Crippen LogP contribution in [0.2, 0.25) is 0 Å². The van der Waals surface area contributed by atoms with Gasteiger partial charge in [0.15, 0.2) is 5.16 Å². The van der Waals surface area contributed by atoms with E-state index in [1.165, 1.54) is 5.56 Å². The zero-order valence-electron chi connectivity index (χ0n) is 10.8. The van der Waals surface area contributed by atoms with Crippen LogP contribution < -0.4 is 5.73 Å². The fourth-order valence-corrected chi connectivity index (χ4v) is 2.30. The minimum Gasteiger partial charge on any atom is -0.320 e. The zero-order chi connectivity index (χ0) is 13.5. The van der Waals surface area contributed by atoms with Crippen LogP contribution in [-0.4, -0.2) is 16.5 Å². The lowest BCUT2D eigenvalue weighted by Crippen LogP contribution is -1.94. The maximum absolute atomic E-state index is 5.41. The van der Waals surface area contributed by atoms with Gasteiger partial charge in [0.25, 0.3) is 0 Å². The Balaban J connectivity index is 2.09. The van der Waals surface area contributed by atoms with Gasteiger partial charge in [-0.1, -0.05) is 41.8 Å². The van der Waals surface area contributed by atoms with E-state index in [0.717, 1.165) is 22.0 Å². The van der Waals surface area contributed by atoms with E-state index in [-0.39, 0.29) is 0 Å². The van der Waals surface area contributed by atoms with Crippen LogP contribution in [0, 0.1) is 18.8 Å². The lowest BCUT2D eigenvalue weighted by Gasteiger charge is -2.03. The molecule has 0 aliphatic heterocycles. The predicted molar refractivity (Wildman–Crippen MR) is 78.7 cm³/mol. The number of rotatable bonds is 3. The van der Waals surface area contributed by atoms with Gasteiger partial charge in [-0.25, -0.2) is 9.97 Å². The Bertz CT molecular complexity index is 597. The molecule has 0 unspecified atom stereocenters. The molecule has 0 fully saturated rings. The monoisotopic (exact) mass is 269 g/mol. The third-order valence-corrected chi connectivity index (χ3v) is 3.38. The summed E-state index contributed by atoms with van der Waals surface area (Å²) in [4.78, 5) is 8.56. The predicted octanol–water partition coefficient (Wildman–Crippen LogP) is 2.39. The molecule has 0 amide bonds. The van der Waals surface area contributed by atoms with Crippen LogP contribution in [0.3, 0.4) is 0 Å². The number of benzene rings is 1. The number of aromatic nitrogens is 2. The van der Waals surface area contributed by atoms with Crippen LogP contribution in [0.5, 0.6) is 0 Å². The largest absolute Gasteiger partial charge is 0.320 e. The van der Waals surface area contributed by atoms with Gasteiger partial charge in [-0.2, -0.15) is 0 Å².